The highest BCUT2D eigenvalue weighted by Crippen LogP contribution is 2.01. The van der Waals surface area contributed by atoms with E-state index in [1.807, 2.05) is 11.6 Å². The maximum Gasteiger partial charge on any atom is 0.164 e. The van der Waals surface area contributed by atoms with Gasteiger partial charge in [-0.2, -0.15) is 5.10 Å². The van der Waals surface area contributed by atoms with Gasteiger partial charge in [-0.15, -0.1) is 0 Å². The Balaban J connectivity index is 2.50. The first-order valence-corrected chi connectivity index (χ1v) is 5.14. The molecule has 0 amide bonds. The van der Waals surface area contributed by atoms with Crippen LogP contribution >= 0.6 is 0 Å². The molecule has 1 rings (SSSR count). The summed E-state index contributed by atoms with van der Waals surface area (Å²) < 4.78 is 1.81. The summed E-state index contributed by atoms with van der Waals surface area (Å²) in [6.45, 7) is 13.6. The van der Waals surface area contributed by atoms with E-state index in [1.165, 1.54) is 0 Å². The number of aromatic nitrogens is 3. The molecule has 1 aromatic rings. The Bertz CT molecular complexity index is 333. The maximum absolute atomic E-state index is 4.34. The molecule has 15 heavy (non-hydrogen) atoms. The number of nitrogens with one attached hydrogen (secondary N) is 1. The highest BCUT2D eigenvalue weighted by molar-refractivity contribution is 4.90. The van der Waals surface area contributed by atoms with E-state index in [9.17, 15) is 0 Å². The van der Waals surface area contributed by atoms with Gasteiger partial charge in [-0.3, -0.25) is 0 Å². The molecule has 0 saturated heterocycles. The van der Waals surface area contributed by atoms with Crippen LogP contribution in [0.5, 0.6) is 0 Å². The normalized spacial score (nSPS) is 11.7. The molecule has 1 aromatic heterocycles. The number of nitrogens with zero attached hydrogens (tertiary/aromatic N) is 3. The van der Waals surface area contributed by atoms with E-state index >= 15 is 0 Å². The summed E-state index contributed by atoms with van der Waals surface area (Å²) in [5, 5.41) is 7.68. The summed E-state index contributed by atoms with van der Waals surface area (Å²) >= 11 is 0. The van der Waals surface area contributed by atoms with Crippen molar-refractivity contribution in [1.29, 1.82) is 0 Å². The average molecular weight is 208 g/mol. The first-order chi connectivity index (χ1) is 6.87. The van der Waals surface area contributed by atoms with Gasteiger partial charge in [0, 0.05) is 5.54 Å². The predicted octanol–water partition coefficient (Wildman–Crippen LogP) is 1.74. The van der Waals surface area contributed by atoms with Crippen molar-refractivity contribution < 1.29 is 0 Å². The van der Waals surface area contributed by atoms with E-state index < -0.39 is 0 Å². The van der Waals surface area contributed by atoms with Crippen LogP contribution in [-0.2, 0) is 13.1 Å². The van der Waals surface area contributed by atoms with Crippen LogP contribution in [0.3, 0.4) is 0 Å². The van der Waals surface area contributed by atoms with Crippen molar-refractivity contribution in [2.24, 2.45) is 0 Å². The van der Waals surface area contributed by atoms with Crippen molar-refractivity contribution >= 4 is 0 Å². The van der Waals surface area contributed by atoms with E-state index in [1.54, 1.807) is 6.33 Å². The van der Waals surface area contributed by atoms with Gasteiger partial charge in [-0.1, -0.05) is 12.2 Å². The lowest BCUT2D eigenvalue weighted by atomic mass is 10.1. The van der Waals surface area contributed by atoms with Crippen molar-refractivity contribution in [3.05, 3.63) is 24.3 Å². The maximum atomic E-state index is 4.34. The number of hydrogen-bond donors (Lipinski definition) is 1. The van der Waals surface area contributed by atoms with Crippen molar-refractivity contribution in [2.45, 2.75) is 46.3 Å². The Kier molecular flexibility index (Phi) is 3.63. The number of rotatable bonds is 4. The smallest absolute Gasteiger partial charge is 0.164 e. The van der Waals surface area contributed by atoms with Crippen LogP contribution < -0.4 is 5.32 Å². The van der Waals surface area contributed by atoms with Crippen LogP contribution in [0.1, 0.15) is 33.5 Å². The summed E-state index contributed by atoms with van der Waals surface area (Å²) in [7, 11) is 0. The van der Waals surface area contributed by atoms with Crippen LogP contribution in [0.4, 0.5) is 0 Å². The van der Waals surface area contributed by atoms with Crippen molar-refractivity contribution in [2.75, 3.05) is 0 Å². The van der Waals surface area contributed by atoms with Crippen LogP contribution in [-0.4, -0.2) is 20.3 Å². The monoisotopic (exact) mass is 208 g/mol. The lowest BCUT2D eigenvalue weighted by Gasteiger charge is -2.19. The van der Waals surface area contributed by atoms with Gasteiger partial charge in [0.2, 0.25) is 0 Å². The fraction of sp³-hybridized carbons (Fsp3) is 0.636. The topological polar surface area (TPSA) is 42.7 Å². The lowest BCUT2D eigenvalue weighted by Crippen LogP contribution is -2.35. The minimum absolute atomic E-state index is 0.0970. The number of hydrogen-bond acceptors (Lipinski definition) is 3. The average Bonchev–Trinajstić information content (AvgIpc) is 2.46. The first kappa shape index (κ1) is 11.9. The van der Waals surface area contributed by atoms with Gasteiger partial charge in [0.05, 0.1) is 13.1 Å². The zero-order chi connectivity index (χ0) is 11.5. The Morgan fingerprint density at radius 1 is 1.53 bits per heavy atom. The van der Waals surface area contributed by atoms with Crippen LogP contribution in [0, 0.1) is 0 Å². The largest absolute Gasteiger partial charge is 0.305 e. The predicted molar refractivity (Wildman–Crippen MR) is 61.4 cm³/mol. The van der Waals surface area contributed by atoms with Crippen LogP contribution in [0.15, 0.2) is 18.5 Å². The highest BCUT2D eigenvalue weighted by atomic mass is 15.3. The van der Waals surface area contributed by atoms with E-state index in [2.05, 4.69) is 42.7 Å². The molecule has 0 aliphatic carbocycles. The molecule has 0 aliphatic heterocycles. The third kappa shape index (κ3) is 4.74. The summed E-state index contributed by atoms with van der Waals surface area (Å²) in [6.07, 6.45) is 1.74. The minimum Gasteiger partial charge on any atom is -0.305 e. The SMILES string of the molecule is C=C(C)Cn1cnc(CNC(C)(C)C)n1. The third-order valence-corrected chi connectivity index (χ3v) is 1.79. The molecule has 1 N–H and O–H groups in total. The van der Waals surface area contributed by atoms with Gasteiger partial charge in [0.15, 0.2) is 5.82 Å². The zero-order valence-electron chi connectivity index (χ0n) is 10.0. The molecule has 0 aliphatic rings. The Hall–Kier alpha value is -1.16. The standard InChI is InChI=1S/C11H20N4/c1-9(2)7-15-8-12-10(14-15)6-13-11(3,4)5/h8,13H,1,6-7H2,2-5H3. The molecular formula is C11H20N4. The second-order valence-corrected chi connectivity index (χ2v) is 4.92. The fourth-order valence-electron chi connectivity index (χ4n) is 1.11. The molecule has 4 heteroatoms. The highest BCUT2D eigenvalue weighted by Gasteiger charge is 2.10. The van der Waals surface area contributed by atoms with E-state index in [0.29, 0.717) is 6.54 Å². The van der Waals surface area contributed by atoms with Crippen LogP contribution in [0.25, 0.3) is 0 Å². The van der Waals surface area contributed by atoms with Gasteiger partial charge >= 0.3 is 0 Å². The fourth-order valence-corrected chi connectivity index (χ4v) is 1.11. The molecule has 0 atom stereocenters. The first-order valence-electron chi connectivity index (χ1n) is 5.14. The lowest BCUT2D eigenvalue weighted by molar-refractivity contribution is 0.417. The van der Waals surface area contributed by atoms with E-state index in [4.69, 9.17) is 0 Å². The molecule has 0 radical (unpaired) electrons. The van der Waals surface area contributed by atoms with E-state index in [-0.39, 0.29) is 5.54 Å². The Morgan fingerprint density at radius 3 is 2.73 bits per heavy atom. The minimum atomic E-state index is 0.0970. The molecule has 84 valence electrons. The molecule has 0 aromatic carbocycles. The Labute approximate surface area is 91.4 Å². The quantitative estimate of drug-likeness (QED) is 0.766. The second-order valence-electron chi connectivity index (χ2n) is 4.92. The molecule has 0 unspecified atom stereocenters. The third-order valence-electron chi connectivity index (χ3n) is 1.79. The molecular weight excluding hydrogens is 188 g/mol. The second kappa shape index (κ2) is 4.57. The van der Waals surface area contributed by atoms with Crippen molar-refractivity contribution in [1.82, 2.24) is 20.1 Å². The molecule has 0 bridgehead atoms. The van der Waals surface area contributed by atoms with Gasteiger partial charge in [-0.25, -0.2) is 9.67 Å². The van der Waals surface area contributed by atoms with Gasteiger partial charge < -0.3 is 5.32 Å². The summed E-state index contributed by atoms with van der Waals surface area (Å²) in [5.74, 6) is 0.825. The van der Waals surface area contributed by atoms with Gasteiger partial charge in [-0.05, 0) is 27.7 Å². The summed E-state index contributed by atoms with van der Waals surface area (Å²) in [5.41, 5.74) is 1.18. The molecule has 0 fully saturated rings. The summed E-state index contributed by atoms with van der Waals surface area (Å²) in [4.78, 5) is 4.22. The number of allylic oxidation sites excluding steroid dienone is 1. The molecule has 0 spiro atoms. The Morgan fingerprint density at radius 2 is 2.20 bits per heavy atom. The van der Waals surface area contributed by atoms with Gasteiger partial charge in [0.1, 0.15) is 6.33 Å². The molecule has 4 nitrogen and oxygen atoms in total. The molecule has 1 heterocycles. The molecule has 0 saturated carbocycles. The van der Waals surface area contributed by atoms with Crippen LogP contribution in [0.2, 0.25) is 0 Å². The van der Waals surface area contributed by atoms with Crippen molar-refractivity contribution in [3.8, 4) is 0 Å². The van der Waals surface area contributed by atoms with Gasteiger partial charge in [0.25, 0.3) is 0 Å². The van der Waals surface area contributed by atoms with E-state index in [0.717, 1.165) is 17.9 Å². The summed E-state index contributed by atoms with van der Waals surface area (Å²) in [6, 6.07) is 0. The zero-order valence-corrected chi connectivity index (χ0v) is 10.0. The van der Waals surface area contributed by atoms with Crippen molar-refractivity contribution in [3.63, 3.8) is 0 Å².